The molecule has 0 amide bonds. The van der Waals surface area contributed by atoms with Crippen LogP contribution in [0.15, 0.2) is 11.0 Å². The van der Waals surface area contributed by atoms with Crippen molar-refractivity contribution in [1.29, 1.82) is 0 Å². The molecule has 0 aromatic heterocycles. The van der Waals surface area contributed by atoms with E-state index in [1.165, 1.54) is 16.9 Å². The Kier molecular flexibility index (Phi) is 4.25. The Bertz CT molecular complexity index is 62.5. The van der Waals surface area contributed by atoms with Crippen molar-refractivity contribution in [2.45, 2.75) is 20.3 Å². The minimum Gasteiger partial charge on any atom is -0.274 e. The highest BCUT2D eigenvalue weighted by Gasteiger charge is 1.83. The van der Waals surface area contributed by atoms with E-state index in [4.69, 9.17) is 5.14 Å². The van der Waals surface area contributed by atoms with E-state index in [1.54, 1.807) is 0 Å². The van der Waals surface area contributed by atoms with E-state index < -0.39 is 0 Å². The summed E-state index contributed by atoms with van der Waals surface area (Å²) in [7, 11) is 0. The van der Waals surface area contributed by atoms with Crippen molar-refractivity contribution in [1.82, 2.24) is 0 Å². The second-order valence-corrected chi connectivity index (χ2v) is 1.99. The van der Waals surface area contributed by atoms with E-state index in [0.29, 0.717) is 0 Å². The van der Waals surface area contributed by atoms with Crippen LogP contribution in [0.3, 0.4) is 0 Å². The van der Waals surface area contributed by atoms with Crippen LogP contribution in [0.1, 0.15) is 20.3 Å². The molecule has 0 saturated heterocycles. The lowest BCUT2D eigenvalue weighted by Crippen LogP contribution is -1.79. The molecule has 0 bridgehead atoms. The van der Waals surface area contributed by atoms with Gasteiger partial charge in [-0.15, -0.1) is 0 Å². The average molecular weight is 117 g/mol. The van der Waals surface area contributed by atoms with Gasteiger partial charge < -0.3 is 0 Å². The van der Waals surface area contributed by atoms with Gasteiger partial charge in [0.1, 0.15) is 0 Å². The molecule has 0 atom stereocenters. The predicted octanol–water partition coefficient (Wildman–Crippen LogP) is 1.91. The van der Waals surface area contributed by atoms with Gasteiger partial charge in [0.25, 0.3) is 0 Å². The molecule has 0 fully saturated rings. The first kappa shape index (κ1) is 7.05. The zero-order chi connectivity index (χ0) is 5.70. The molecule has 0 aromatic rings. The lowest BCUT2D eigenvalue weighted by Gasteiger charge is -1.92. The Morgan fingerprint density at radius 2 is 2.43 bits per heavy atom. The van der Waals surface area contributed by atoms with Crippen molar-refractivity contribution in [3.05, 3.63) is 11.0 Å². The second-order valence-electron chi connectivity index (χ2n) is 1.23. The maximum absolute atomic E-state index is 5.24. The fraction of sp³-hybridized carbons (Fsp3) is 0.600. The number of hydrogen-bond acceptors (Lipinski definition) is 2. The van der Waals surface area contributed by atoms with Gasteiger partial charge in [-0.1, -0.05) is 24.9 Å². The van der Waals surface area contributed by atoms with E-state index in [0.717, 1.165) is 6.42 Å². The zero-order valence-corrected chi connectivity index (χ0v) is 5.59. The molecule has 0 aliphatic carbocycles. The first-order chi connectivity index (χ1) is 3.35. The number of hydrogen-bond donors (Lipinski definition) is 1. The van der Waals surface area contributed by atoms with Gasteiger partial charge in [-0.2, -0.15) is 0 Å². The Morgan fingerprint density at radius 3 is 2.43 bits per heavy atom. The minimum absolute atomic E-state index is 1.05. The zero-order valence-electron chi connectivity index (χ0n) is 4.77. The van der Waals surface area contributed by atoms with Crippen molar-refractivity contribution in [2.24, 2.45) is 5.14 Å². The molecule has 0 aliphatic rings. The molecule has 0 spiro atoms. The van der Waals surface area contributed by atoms with E-state index in [9.17, 15) is 0 Å². The molecule has 7 heavy (non-hydrogen) atoms. The molecule has 0 unspecified atom stereocenters. The average Bonchev–Trinajstić information content (AvgIpc) is 1.72. The highest BCUT2D eigenvalue weighted by molar-refractivity contribution is 8.00. The van der Waals surface area contributed by atoms with Crippen LogP contribution >= 0.6 is 11.9 Å². The summed E-state index contributed by atoms with van der Waals surface area (Å²) in [5, 5.41) is 5.24. The van der Waals surface area contributed by atoms with Crippen LogP contribution in [-0.4, -0.2) is 0 Å². The first-order valence-electron chi connectivity index (χ1n) is 2.37. The smallest absolute Gasteiger partial charge is 0.00443 e. The molecule has 0 rings (SSSR count). The molecule has 0 aromatic carbocycles. The molecule has 2 heteroatoms. The highest BCUT2D eigenvalue weighted by Crippen LogP contribution is 2.10. The van der Waals surface area contributed by atoms with Crippen LogP contribution in [0, 0.1) is 0 Å². The molecule has 1 nitrogen and oxygen atoms in total. The fourth-order valence-electron chi connectivity index (χ4n) is 0.355. The predicted molar refractivity (Wildman–Crippen MR) is 35.8 cm³/mol. The molecular weight excluding hydrogens is 106 g/mol. The monoisotopic (exact) mass is 117 g/mol. The van der Waals surface area contributed by atoms with Crippen LogP contribution in [-0.2, 0) is 0 Å². The third-order valence-corrected chi connectivity index (χ3v) is 1.65. The number of rotatable bonds is 2. The Balaban J connectivity index is 3.38. The van der Waals surface area contributed by atoms with E-state index >= 15 is 0 Å². The van der Waals surface area contributed by atoms with Crippen molar-refractivity contribution in [3.8, 4) is 0 Å². The van der Waals surface area contributed by atoms with E-state index in [2.05, 4.69) is 6.92 Å². The van der Waals surface area contributed by atoms with Crippen LogP contribution in [0.4, 0.5) is 0 Å². The maximum atomic E-state index is 5.24. The number of allylic oxidation sites excluding steroid dienone is 2. The summed E-state index contributed by atoms with van der Waals surface area (Å²) >= 11 is 1.33. The van der Waals surface area contributed by atoms with Gasteiger partial charge in [-0.25, -0.2) is 0 Å². The molecular formula is C5H11NS. The topological polar surface area (TPSA) is 26.0 Å². The van der Waals surface area contributed by atoms with Crippen LogP contribution < -0.4 is 5.14 Å². The fourth-order valence-corrected chi connectivity index (χ4v) is 0.658. The summed E-state index contributed by atoms with van der Waals surface area (Å²) < 4.78 is 0. The third kappa shape index (κ3) is 2.71. The summed E-state index contributed by atoms with van der Waals surface area (Å²) in [6, 6.07) is 0. The van der Waals surface area contributed by atoms with Gasteiger partial charge in [-0.05, 0) is 18.2 Å². The normalized spacial score (nSPS) is 12.1. The molecule has 42 valence electrons. The highest BCUT2D eigenvalue weighted by atomic mass is 32.2. The van der Waals surface area contributed by atoms with Crippen molar-refractivity contribution >= 4 is 11.9 Å². The molecule has 0 saturated carbocycles. The van der Waals surface area contributed by atoms with E-state index in [1.807, 2.05) is 13.0 Å². The van der Waals surface area contributed by atoms with Crippen LogP contribution in [0.2, 0.25) is 0 Å². The van der Waals surface area contributed by atoms with E-state index in [-0.39, 0.29) is 0 Å². The van der Waals surface area contributed by atoms with Gasteiger partial charge in [0.05, 0.1) is 0 Å². The summed E-state index contributed by atoms with van der Waals surface area (Å²) in [6.45, 7) is 4.09. The van der Waals surface area contributed by atoms with Gasteiger partial charge in [0.2, 0.25) is 0 Å². The summed E-state index contributed by atoms with van der Waals surface area (Å²) in [5.41, 5.74) is 0. The second kappa shape index (κ2) is 4.22. The molecule has 0 radical (unpaired) electrons. The maximum Gasteiger partial charge on any atom is -0.00443 e. The summed E-state index contributed by atoms with van der Waals surface area (Å²) in [6.07, 6.45) is 3.09. The first-order valence-corrected chi connectivity index (χ1v) is 3.25. The Hall–Kier alpha value is 0.0500. The van der Waals surface area contributed by atoms with Crippen molar-refractivity contribution in [3.63, 3.8) is 0 Å². The summed E-state index contributed by atoms with van der Waals surface area (Å²) in [5.74, 6) is 0. The summed E-state index contributed by atoms with van der Waals surface area (Å²) in [4.78, 5) is 1.25. The lowest BCUT2D eigenvalue weighted by atomic mass is 10.4. The van der Waals surface area contributed by atoms with Gasteiger partial charge in [-0.3, -0.25) is 5.14 Å². The van der Waals surface area contributed by atoms with Crippen molar-refractivity contribution < 1.29 is 0 Å². The Labute approximate surface area is 49.1 Å². The lowest BCUT2D eigenvalue weighted by molar-refractivity contribution is 1.19. The Morgan fingerprint density at radius 1 is 1.86 bits per heavy atom. The molecule has 0 heterocycles. The standard InChI is InChI=1S/C5H11NS/c1-3-5(4-2)7-6/h3H,4,6H2,1-2H3. The van der Waals surface area contributed by atoms with Crippen LogP contribution in [0.25, 0.3) is 0 Å². The molecule has 2 N–H and O–H groups in total. The number of nitrogens with two attached hydrogens (primary N) is 1. The van der Waals surface area contributed by atoms with Crippen LogP contribution in [0.5, 0.6) is 0 Å². The minimum atomic E-state index is 1.05. The SMILES string of the molecule is CC=C(CC)SN. The van der Waals surface area contributed by atoms with Crippen molar-refractivity contribution in [2.75, 3.05) is 0 Å². The quantitative estimate of drug-likeness (QED) is 0.559. The van der Waals surface area contributed by atoms with Gasteiger partial charge >= 0.3 is 0 Å². The van der Waals surface area contributed by atoms with Gasteiger partial charge in [0, 0.05) is 0 Å². The largest absolute Gasteiger partial charge is 0.274 e. The third-order valence-electron chi connectivity index (χ3n) is 0.822. The van der Waals surface area contributed by atoms with Gasteiger partial charge in [0.15, 0.2) is 0 Å². The molecule has 0 aliphatic heterocycles.